The molecule has 0 aromatic heterocycles. The Bertz CT molecular complexity index is 476. The van der Waals surface area contributed by atoms with E-state index in [9.17, 15) is 0 Å². The molecule has 2 heterocycles. The fraction of sp³-hybridized carbons (Fsp3) is 0.625. The maximum absolute atomic E-state index is 5.86. The Morgan fingerprint density at radius 3 is 3.20 bits per heavy atom. The quantitative estimate of drug-likeness (QED) is 0.913. The van der Waals surface area contributed by atoms with Gasteiger partial charge in [0.2, 0.25) is 0 Å². The topological polar surface area (TPSA) is 24.5 Å². The van der Waals surface area contributed by atoms with E-state index in [2.05, 4.69) is 45.2 Å². The SMILES string of the molecule is CCCC1CNCCN1Cc1cc(Br)cc2c1OCC2. The van der Waals surface area contributed by atoms with E-state index in [0.29, 0.717) is 6.04 Å². The van der Waals surface area contributed by atoms with E-state index in [0.717, 1.165) is 45.0 Å². The summed E-state index contributed by atoms with van der Waals surface area (Å²) in [6, 6.07) is 5.09. The predicted molar refractivity (Wildman–Crippen MR) is 85.3 cm³/mol. The molecule has 0 aliphatic carbocycles. The normalized spacial score (nSPS) is 22.6. The molecular formula is C16H23BrN2O. The third kappa shape index (κ3) is 3.02. The highest BCUT2D eigenvalue weighted by atomic mass is 79.9. The molecule has 1 aromatic rings. The minimum absolute atomic E-state index is 0.657. The zero-order valence-corrected chi connectivity index (χ0v) is 13.7. The summed E-state index contributed by atoms with van der Waals surface area (Å²) in [6.07, 6.45) is 3.56. The molecule has 2 aliphatic rings. The molecule has 20 heavy (non-hydrogen) atoms. The molecule has 0 bridgehead atoms. The van der Waals surface area contributed by atoms with Crippen molar-refractivity contribution in [2.75, 3.05) is 26.2 Å². The number of nitrogens with zero attached hydrogens (tertiary/aromatic N) is 1. The number of halogens is 1. The molecule has 1 unspecified atom stereocenters. The highest BCUT2D eigenvalue weighted by molar-refractivity contribution is 9.10. The van der Waals surface area contributed by atoms with Crippen LogP contribution in [0.2, 0.25) is 0 Å². The van der Waals surface area contributed by atoms with Gasteiger partial charge in [0.1, 0.15) is 5.75 Å². The summed E-state index contributed by atoms with van der Waals surface area (Å²) in [5.74, 6) is 1.14. The van der Waals surface area contributed by atoms with Crippen molar-refractivity contribution in [3.63, 3.8) is 0 Å². The number of nitrogens with one attached hydrogen (secondary N) is 1. The number of rotatable bonds is 4. The smallest absolute Gasteiger partial charge is 0.127 e. The first kappa shape index (κ1) is 14.4. The van der Waals surface area contributed by atoms with Gasteiger partial charge in [-0.15, -0.1) is 0 Å². The molecule has 0 saturated carbocycles. The van der Waals surface area contributed by atoms with Crippen molar-refractivity contribution < 1.29 is 4.74 Å². The van der Waals surface area contributed by atoms with Gasteiger partial charge in [0.15, 0.2) is 0 Å². The first-order chi connectivity index (χ1) is 9.78. The second kappa shape index (κ2) is 6.46. The second-order valence-corrected chi connectivity index (χ2v) is 6.68. The lowest BCUT2D eigenvalue weighted by Gasteiger charge is -2.36. The van der Waals surface area contributed by atoms with Crippen LogP contribution in [-0.2, 0) is 13.0 Å². The molecule has 0 radical (unpaired) electrons. The highest BCUT2D eigenvalue weighted by Crippen LogP contribution is 2.34. The summed E-state index contributed by atoms with van der Waals surface area (Å²) in [5, 5.41) is 3.52. The Balaban J connectivity index is 1.79. The molecule has 1 aromatic carbocycles. The van der Waals surface area contributed by atoms with Gasteiger partial charge in [0.25, 0.3) is 0 Å². The molecule has 3 rings (SSSR count). The Kier molecular flexibility index (Phi) is 4.64. The van der Waals surface area contributed by atoms with Gasteiger partial charge in [-0.2, -0.15) is 0 Å². The zero-order valence-electron chi connectivity index (χ0n) is 12.1. The van der Waals surface area contributed by atoms with Crippen LogP contribution in [0.4, 0.5) is 0 Å². The van der Waals surface area contributed by atoms with Crippen LogP contribution in [0.15, 0.2) is 16.6 Å². The lowest BCUT2D eigenvalue weighted by atomic mass is 10.0. The molecule has 1 atom stereocenters. The number of benzene rings is 1. The summed E-state index contributed by atoms with van der Waals surface area (Å²) in [7, 11) is 0. The monoisotopic (exact) mass is 338 g/mol. The van der Waals surface area contributed by atoms with E-state index in [1.54, 1.807) is 0 Å². The molecule has 1 saturated heterocycles. The van der Waals surface area contributed by atoms with Gasteiger partial charge in [-0.1, -0.05) is 29.3 Å². The molecule has 110 valence electrons. The maximum atomic E-state index is 5.86. The van der Waals surface area contributed by atoms with Crippen LogP contribution in [0.5, 0.6) is 5.75 Å². The van der Waals surface area contributed by atoms with Crippen LogP contribution in [0, 0.1) is 0 Å². The maximum Gasteiger partial charge on any atom is 0.127 e. The summed E-state index contributed by atoms with van der Waals surface area (Å²) in [5.41, 5.74) is 2.70. The van der Waals surface area contributed by atoms with Crippen molar-refractivity contribution in [3.05, 3.63) is 27.7 Å². The summed E-state index contributed by atoms with van der Waals surface area (Å²) in [4.78, 5) is 2.61. The molecule has 1 N–H and O–H groups in total. The molecule has 3 nitrogen and oxygen atoms in total. The molecule has 2 aliphatic heterocycles. The first-order valence-corrected chi connectivity index (χ1v) is 8.46. The van der Waals surface area contributed by atoms with Crippen molar-refractivity contribution in [3.8, 4) is 5.75 Å². The van der Waals surface area contributed by atoms with Crippen LogP contribution in [-0.4, -0.2) is 37.2 Å². The minimum Gasteiger partial charge on any atom is -0.493 e. The van der Waals surface area contributed by atoms with Crippen LogP contribution in [0.3, 0.4) is 0 Å². The van der Waals surface area contributed by atoms with Gasteiger partial charge in [-0.05, 0) is 24.1 Å². The van der Waals surface area contributed by atoms with E-state index in [4.69, 9.17) is 4.74 Å². The summed E-state index contributed by atoms with van der Waals surface area (Å²) >= 11 is 3.64. The van der Waals surface area contributed by atoms with Gasteiger partial charge >= 0.3 is 0 Å². The van der Waals surface area contributed by atoms with Gasteiger partial charge in [0, 0.05) is 48.7 Å². The van der Waals surface area contributed by atoms with Gasteiger partial charge in [-0.25, -0.2) is 0 Å². The first-order valence-electron chi connectivity index (χ1n) is 7.66. The third-order valence-electron chi connectivity index (χ3n) is 4.29. The zero-order chi connectivity index (χ0) is 13.9. The molecule has 1 fully saturated rings. The van der Waals surface area contributed by atoms with Gasteiger partial charge < -0.3 is 10.1 Å². The Morgan fingerprint density at radius 2 is 2.35 bits per heavy atom. The fourth-order valence-corrected chi connectivity index (χ4v) is 3.86. The lowest BCUT2D eigenvalue weighted by Crippen LogP contribution is -2.50. The van der Waals surface area contributed by atoms with Crippen LogP contribution < -0.4 is 10.1 Å². The number of ether oxygens (including phenoxy) is 1. The predicted octanol–water partition coefficient (Wildman–Crippen LogP) is 2.96. The Morgan fingerprint density at radius 1 is 1.45 bits per heavy atom. The van der Waals surface area contributed by atoms with E-state index in [1.807, 2.05) is 0 Å². The van der Waals surface area contributed by atoms with Crippen molar-refractivity contribution in [1.82, 2.24) is 10.2 Å². The largest absolute Gasteiger partial charge is 0.493 e. The van der Waals surface area contributed by atoms with Crippen molar-refractivity contribution in [1.29, 1.82) is 0 Å². The average Bonchev–Trinajstić information content (AvgIpc) is 2.89. The van der Waals surface area contributed by atoms with E-state index in [1.165, 1.54) is 28.4 Å². The van der Waals surface area contributed by atoms with Crippen molar-refractivity contribution >= 4 is 15.9 Å². The van der Waals surface area contributed by atoms with Crippen LogP contribution in [0.1, 0.15) is 30.9 Å². The van der Waals surface area contributed by atoms with Gasteiger partial charge in [0.05, 0.1) is 6.61 Å². The highest BCUT2D eigenvalue weighted by Gasteiger charge is 2.24. The average molecular weight is 339 g/mol. The second-order valence-electron chi connectivity index (χ2n) is 5.77. The van der Waals surface area contributed by atoms with Crippen molar-refractivity contribution in [2.24, 2.45) is 0 Å². The summed E-state index contributed by atoms with van der Waals surface area (Å²) < 4.78 is 7.04. The number of hydrogen-bond donors (Lipinski definition) is 1. The number of piperazine rings is 1. The molecular weight excluding hydrogens is 316 g/mol. The molecule has 0 spiro atoms. The van der Waals surface area contributed by atoms with Crippen molar-refractivity contribution in [2.45, 2.75) is 38.8 Å². The number of fused-ring (bicyclic) bond motifs is 1. The minimum atomic E-state index is 0.657. The Labute approximate surface area is 129 Å². The lowest BCUT2D eigenvalue weighted by molar-refractivity contribution is 0.143. The van der Waals surface area contributed by atoms with E-state index < -0.39 is 0 Å². The number of hydrogen-bond acceptors (Lipinski definition) is 3. The van der Waals surface area contributed by atoms with E-state index >= 15 is 0 Å². The third-order valence-corrected chi connectivity index (χ3v) is 4.75. The fourth-order valence-electron chi connectivity index (χ4n) is 3.31. The van der Waals surface area contributed by atoms with Crippen LogP contribution in [0.25, 0.3) is 0 Å². The standard InChI is InChI=1S/C16H23BrN2O/c1-2-3-15-10-18-5-6-19(15)11-13-9-14(17)8-12-4-7-20-16(12)13/h8-9,15,18H,2-7,10-11H2,1H3. The van der Waals surface area contributed by atoms with E-state index in [-0.39, 0.29) is 0 Å². The molecule has 4 heteroatoms. The molecule has 0 amide bonds. The van der Waals surface area contributed by atoms with Crippen LogP contribution >= 0.6 is 15.9 Å². The van der Waals surface area contributed by atoms with Gasteiger partial charge in [-0.3, -0.25) is 4.90 Å². The summed E-state index contributed by atoms with van der Waals surface area (Å²) in [6.45, 7) is 7.45. The Hall–Kier alpha value is -0.580.